The second kappa shape index (κ2) is 4.58. The van der Waals surface area contributed by atoms with Gasteiger partial charge >= 0.3 is 5.97 Å². The lowest BCUT2D eigenvalue weighted by Crippen LogP contribution is -2.25. The van der Waals surface area contributed by atoms with Gasteiger partial charge in [0.2, 0.25) is 0 Å². The van der Waals surface area contributed by atoms with Crippen molar-refractivity contribution < 1.29 is 14.3 Å². The Morgan fingerprint density at radius 3 is 2.75 bits per heavy atom. The zero-order chi connectivity index (χ0) is 11.7. The van der Waals surface area contributed by atoms with Crippen LogP contribution in [0.1, 0.15) is 40.0 Å². The van der Waals surface area contributed by atoms with Gasteiger partial charge in [-0.2, -0.15) is 0 Å². The van der Waals surface area contributed by atoms with Crippen LogP contribution in [0.25, 0.3) is 0 Å². The summed E-state index contributed by atoms with van der Waals surface area (Å²) < 4.78 is 10.9. The van der Waals surface area contributed by atoms with E-state index in [4.69, 9.17) is 9.47 Å². The first kappa shape index (κ1) is 11.6. The van der Waals surface area contributed by atoms with Crippen molar-refractivity contribution in [3.8, 4) is 0 Å². The van der Waals surface area contributed by atoms with Gasteiger partial charge in [-0.05, 0) is 25.7 Å². The molecular formula is C13H20O3. The minimum Gasteiger partial charge on any atom is -0.459 e. The van der Waals surface area contributed by atoms with Gasteiger partial charge < -0.3 is 9.47 Å². The standard InChI is InChI=1S/C13H20O3/c1-8(2)6-9(3)13(14)15-10-4-5-11-12(7-10)16-11/h6,8,10-12H,4-5,7H2,1-3H3. The van der Waals surface area contributed by atoms with Crippen LogP contribution in [0.2, 0.25) is 0 Å². The molecule has 0 N–H and O–H groups in total. The number of epoxide rings is 1. The van der Waals surface area contributed by atoms with Crippen LogP contribution in [-0.4, -0.2) is 24.3 Å². The quantitative estimate of drug-likeness (QED) is 0.420. The molecular weight excluding hydrogens is 204 g/mol. The SMILES string of the molecule is CC(=CC(C)C)C(=O)OC1CCC2OC2C1. The van der Waals surface area contributed by atoms with E-state index in [2.05, 4.69) is 13.8 Å². The van der Waals surface area contributed by atoms with Gasteiger partial charge in [-0.25, -0.2) is 4.79 Å². The number of hydrogen-bond donors (Lipinski definition) is 0. The van der Waals surface area contributed by atoms with Crippen molar-refractivity contribution in [1.29, 1.82) is 0 Å². The second-order valence-electron chi connectivity index (χ2n) is 5.15. The second-order valence-corrected chi connectivity index (χ2v) is 5.15. The van der Waals surface area contributed by atoms with Crippen LogP contribution < -0.4 is 0 Å². The van der Waals surface area contributed by atoms with Crippen molar-refractivity contribution in [2.75, 3.05) is 0 Å². The van der Waals surface area contributed by atoms with Crippen LogP contribution in [0.4, 0.5) is 0 Å². The molecule has 90 valence electrons. The topological polar surface area (TPSA) is 38.8 Å². The summed E-state index contributed by atoms with van der Waals surface area (Å²) in [6.45, 7) is 5.93. The molecule has 1 heterocycles. The first-order valence-electron chi connectivity index (χ1n) is 6.11. The van der Waals surface area contributed by atoms with Gasteiger partial charge in [0.15, 0.2) is 0 Å². The highest BCUT2D eigenvalue weighted by molar-refractivity contribution is 5.87. The molecule has 1 aliphatic carbocycles. The van der Waals surface area contributed by atoms with Crippen molar-refractivity contribution in [2.24, 2.45) is 5.92 Å². The molecule has 2 aliphatic rings. The summed E-state index contributed by atoms with van der Waals surface area (Å²) in [6.07, 6.45) is 5.69. The summed E-state index contributed by atoms with van der Waals surface area (Å²) in [5.74, 6) is 0.216. The van der Waals surface area contributed by atoms with E-state index in [0.717, 1.165) is 19.3 Å². The van der Waals surface area contributed by atoms with Crippen molar-refractivity contribution in [2.45, 2.75) is 58.3 Å². The largest absolute Gasteiger partial charge is 0.459 e. The van der Waals surface area contributed by atoms with Crippen LogP contribution in [0, 0.1) is 5.92 Å². The highest BCUT2D eigenvalue weighted by atomic mass is 16.6. The van der Waals surface area contributed by atoms with Crippen molar-refractivity contribution in [1.82, 2.24) is 0 Å². The predicted molar refractivity (Wildman–Crippen MR) is 61.0 cm³/mol. The molecule has 0 radical (unpaired) electrons. The number of fused-ring (bicyclic) bond motifs is 1. The van der Waals surface area contributed by atoms with Gasteiger partial charge in [0.25, 0.3) is 0 Å². The molecule has 1 saturated heterocycles. The molecule has 3 heteroatoms. The van der Waals surface area contributed by atoms with Gasteiger partial charge in [-0.3, -0.25) is 0 Å². The molecule has 0 amide bonds. The van der Waals surface area contributed by atoms with Crippen LogP contribution in [0.15, 0.2) is 11.6 Å². The van der Waals surface area contributed by atoms with Crippen LogP contribution >= 0.6 is 0 Å². The Bertz CT molecular complexity index is 306. The average molecular weight is 224 g/mol. The smallest absolute Gasteiger partial charge is 0.333 e. The summed E-state index contributed by atoms with van der Waals surface area (Å²) in [5.41, 5.74) is 0.717. The van der Waals surface area contributed by atoms with E-state index in [-0.39, 0.29) is 12.1 Å². The minimum atomic E-state index is -0.169. The van der Waals surface area contributed by atoms with E-state index in [1.807, 2.05) is 13.0 Å². The van der Waals surface area contributed by atoms with E-state index in [1.165, 1.54) is 0 Å². The summed E-state index contributed by atoms with van der Waals surface area (Å²) in [7, 11) is 0. The highest BCUT2D eigenvalue weighted by Crippen LogP contribution is 2.37. The Hall–Kier alpha value is -0.830. The minimum absolute atomic E-state index is 0.0618. The fourth-order valence-corrected chi connectivity index (χ4v) is 2.29. The van der Waals surface area contributed by atoms with Crippen LogP contribution in [0.3, 0.4) is 0 Å². The van der Waals surface area contributed by atoms with Gasteiger partial charge in [0.05, 0.1) is 12.2 Å². The van der Waals surface area contributed by atoms with Crippen molar-refractivity contribution in [3.05, 3.63) is 11.6 Å². The number of esters is 1. The third-order valence-electron chi connectivity index (χ3n) is 3.14. The normalized spacial score (nSPS) is 33.5. The lowest BCUT2D eigenvalue weighted by atomic mass is 9.98. The molecule has 3 unspecified atom stereocenters. The molecule has 1 aliphatic heterocycles. The Kier molecular flexibility index (Phi) is 3.33. The fourth-order valence-electron chi connectivity index (χ4n) is 2.29. The lowest BCUT2D eigenvalue weighted by Gasteiger charge is -2.19. The van der Waals surface area contributed by atoms with Crippen molar-refractivity contribution >= 4 is 5.97 Å². The Morgan fingerprint density at radius 2 is 2.12 bits per heavy atom. The third kappa shape index (κ3) is 2.85. The van der Waals surface area contributed by atoms with Crippen molar-refractivity contribution in [3.63, 3.8) is 0 Å². The molecule has 2 fully saturated rings. The number of hydrogen-bond acceptors (Lipinski definition) is 3. The Balaban J connectivity index is 1.82. The molecule has 0 aromatic rings. The summed E-state index contributed by atoms with van der Waals surface area (Å²) in [6, 6.07) is 0. The summed E-state index contributed by atoms with van der Waals surface area (Å²) in [5, 5.41) is 0. The molecule has 16 heavy (non-hydrogen) atoms. The van der Waals surface area contributed by atoms with Crippen LogP contribution in [0.5, 0.6) is 0 Å². The Labute approximate surface area is 96.8 Å². The van der Waals surface area contributed by atoms with Gasteiger partial charge in [-0.1, -0.05) is 19.9 Å². The lowest BCUT2D eigenvalue weighted by molar-refractivity contribution is -0.145. The maximum absolute atomic E-state index is 11.7. The summed E-state index contributed by atoms with van der Waals surface area (Å²) in [4.78, 5) is 11.7. The predicted octanol–water partition coefficient (Wildman–Crippen LogP) is 2.45. The zero-order valence-corrected chi connectivity index (χ0v) is 10.2. The number of carbonyl (C=O) groups excluding carboxylic acids is 1. The number of rotatable bonds is 3. The van der Waals surface area contributed by atoms with E-state index in [1.54, 1.807) is 0 Å². The first-order valence-corrected chi connectivity index (χ1v) is 6.11. The molecule has 1 saturated carbocycles. The monoisotopic (exact) mass is 224 g/mol. The van der Waals surface area contributed by atoms with E-state index >= 15 is 0 Å². The van der Waals surface area contributed by atoms with Gasteiger partial charge in [0.1, 0.15) is 6.10 Å². The molecule has 3 nitrogen and oxygen atoms in total. The maximum Gasteiger partial charge on any atom is 0.333 e. The number of allylic oxidation sites excluding steroid dienone is 1. The maximum atomic E-state index is 11.7. The molecule has 0 spiro atoms. The number of ether oxygens (including phenoxy) is 2. The van der Waals surface area contributed by atoms with Crippen LogP contribution in [-0.2, 0) is 14.3 Å². The molecule has 0 aromatic carbocycles. The highest BCUT2D eigenvalue weighted by Gasteiger charge is 2.45. The van der Waals surface area contributed by atoms with E-state index < -0.39 is 0 Å². The molecule has 2 rings (SSSR count). The first-order chi connectivity index (χ1) is 7.56. The summed E-state index contributed by atoms with van der Waals surface area (Å²) >= 11 is 0. The number of carbonyl (C=O) groups is 1. The Morgan fingerprint density at radius 1 is 1.38 bits per heavy atom. The molecule has 3 atom stereocenters. The van der Waals surface area contributed by atoms with E-state index in [9.17, 15) is 4.79 Å². The fraction of sp³-hybridized carbons (Fsp3) is 0.769. The zero-order valence-electron chi connectivity index (χ0n) is 10.2. The van der Waals surface area contributed by atoms with E-state index in [0.29, 0.717) is 23.7 Å². The molecule has 0 aromatic heterocycles. The molecule has 0 bridgehead atoms. The van der Waals surface area contributed by atoms with Gasteiger partial charge in [0, 0.05) is 12.0 Å². The third-order valence-corrected chi connectivity index (χ3v) is 3.14. The average Bonchev–Trinajstić information content (AvgIpc) is 2.94. The van der Waals surface area contributed by atoms with Gasteiger partial charge in [-0.15, -0.1) is 0 Å².